The number of carboxylic acids is 1. The van der Waals surface area contributed by atoms with E-state index in [9.17, 15) is 9.59 Å². The molecule has 8 heteroatoms. The summed E-state index contributed by atoms with van der Waals surface area (Å²) in [5.41, 5.74) is 0.795. The summed E-state index contributed by atoms with van der Waals surface area (Å²) in [5.74, 6) is -1.10. The van der Waals surface area contributed by atoms with E-state index < -0.39 is 17.9 Å². The molecule has 0 bridgehead atoms. The van der Waals surface area contributed by atoms with Gasteiger partial charge in [-0.25, -0.2) is 4.79 Å². The second kappa shape index (κ2) is 7.30. The predicted octanol–water partition coefficient (Wildman–Crippen LogP) is 0.710. The smallest absolute Gasteiger partial charge is 0.326 e. The van der Waals surface area contributed by atoms with Crippen molar-refractivity contribution in [2.45, 2.75) is 32.4 Å². The second-order valence-corrected chi connectivity index (χ2v) is 4.76. The number of hydrogen-bond acceptors (Lipinski definition) is 5. The summed E-state index contributed by atoms with van der Waals surface area (Å²) in [4.78, 5) is 24.0. The van der Waals surface area contributed by atoms with Gasteiger partial charge < -0.3 is 10.4 Å². The molecule has 1 aromatic carbocycles. The van der Waals surface area contributed by atoms with Crippen LogP contribution in [0.3, 0.4) is 0 Å². The van der Waals surface area contributed by atoms with Crippen LogP contribution in [-0.2, 0) is 16.1 Å². The van der Waals surface area contributed by atoms with Crippen LogP contribution in [0.4, 0.5) is 0 Å². The van der Waals surface area contributed by atoms with Gasteiger partial charge in [-0.15, -0.1) is 10.2 Å². The first kappa shape index (κ1) is 15.6. The number of carboxylic acid groups (broad SMARTS) is 1. The molecule has 1 atom stereocenters. The maximum Gasteiger partial charge on any atom is 0.326 e. The van der Waals surface area contributed by atoms with Crippen molar-refractivity contribution in [1.29, 1.82) is 0 Å². The Labute approximate surface area is 127 Å². The normalized spacial score (nSPS) is 11.9. The van der Waals surface area contributed by atoms with Crippen LogP contribution in [0.15, 0.2) is 30.3 Å². The Bertz CT molecular complexity index is 641. The number of carbonyl (C=O) groups is 2. The maximum absolute atomic E-state index is 11.8. The molecule has 2 rings (SSSR count). The van der Waals surface area contributed by atoms with Gasteiger partial charge in [0.25, 0.3) is 0 Å². The van der Waals surface area contributed by atoms with E-state index in [1.165, 1.54) is 0 Å². The van der Waals surface area contributed by atoms with Crippen LogP contribution in [0.2, 0.25) is 0 Å². The number of benzene rings is 1. The standard InChI is InChI=1S/C14H17N5O3/c1-2-6-11(14(21)22)15-12(20)9-19-17-13(16-18-19)10-7-4-3-5-8-10/h3-5,7-8,11H,2,6,9H2,1H3,(H,15,20)(H,21,22). The SMILES string of the molecule is CCCC(NC(=O)Cn1nnc(-c2ccccc2)n1)C(=O)O. The third kappa shape index (κ3) is 4.11. The first-order valence-corrected chi connectivity index (χ1v) is 6.95. The fourth-order valence-electron chi connectivity index (χ4n) is 1.93. The van der Waals surface area contributed by atoms with Gasteiger partial charge in [-0.2, -0.15) is 4.80 Å². The van der Waals surface area contributed by atoms with E-state index in [2.05, 4.69) is 20.7 Å². The number of nitrogens with zero attached hydrogens (tertiary/aromatic N) is 4. The molecule has 1 aromatic heterocycles. The molecule has 0 spiro atoms. The molecule has 0 saturated heterocycles. The van der Waals surface area contributed by atoms with Gasteiger partial charge >= 0.3 is 5.97 Å². The van der Waals surface area contributed by atoms with Crippen LogP contribution in [0.1, 0.15) is 19.8 Å². The first-order chi connectivity index (χ1) is 10.6. The number of aliphatic carboxylic acids is 1. The largest absolute Gasteiger partial charge is 0.480 e. The quantitative estimate of drug-likeness (QED) is 0.779. The summed E-state index contributed by atoms with van der Waals surface area (Å²) in [6.07, 6.45) is 1.04. The number of carbonyl (C=O) groups excluding carboxylic acids is 1. The molecule has 2 aromatic rings. The molecule has 2 N–H and O–H groups in total. The van der Waals surface area contributed by atoms with Crippen LogP contribution in [0.25, 0.3) is 11.4 Å². The molecule has 0 aliphatic heterocycles. The Hall–Kier alpha value is -2.77. The monoisotopic (exact) mass is 303 g/mol. The van der Waals surface area contributed by atoms with Gasteiger partial charge in [-0.05, 0) is 11.6 Å². The summed E-state index contributed by atoms with van der Waals surface area (Å²) >= 11 is 0. The molecule has 8 nitrogen and oxygen atoms in total. The minimum Gasteiger partial charge on any atom is -0.480 e. The summed E-state index contributed by atoms with van der Waals surface area (Å²) in [7, 11) is 0. The van der Waals surface area contributed by atoms with Crippen molar-refractivity contribution < 1.29 is 14.7 Å². The molecule has 0 aliphatic carbocycles. The highest BCUT2D eigenvalue weighted by atomic mass is 16.4. The van der Waals surface area contributed by atoms with Gasteiger partial charge in [0.05, 0.1) is 0 Å². The zero-order chi connectivity index (χ0) is 15.9. The Kier molecular flexibility index (Phi) is 5.18. The molecular weight excluding hydrogens is 286 g/mol. The number of rotatable bonds is 7. The van der Waals surface area contributed by atoms with Crippen molar-refractivity contribution in [3.8, 4) is 11.4 Å². The van der Waals surface area contributed by atoms with Crippen LogP contribution < -0.4 is 5.32 Å². The van der Waals surface area contributed by atoms with E-state index in [4.69, 9.17) is 5.11 Å². The fraction of sp³-hybridized carbons (Fsp3) is 0.357. The van der Waals surface area contributed by atoms with Crippen LogP contribution >= 0.6 is 0 Å². The van der Waals surface area contributed by atoms with Gasteiger partial charge in [0.15, 0.2) is 0 Å². The lowest BCUT2D eigenvalue weighted by Gasteiger charge is -2.12. The number of amides is 1. The fourth-order valence-corrected chi connectivity index (χ4v) is 1.93. The third-order valence-electron chi connectivity index (χ3n) is 2.98. The van der Waals surface area contributed by atoms with Gasteiger partial charge in [0.1, 0.15) is 12.6 Å². The third-order valence-corrected chi connectivity index (χ3v) is 2.98. The van der Waals surface area contributed by atoms with Gasteiger partial charge in [0.2, 0.25) is 11.7 Å². The molecule has 1 unspecified atom stereocenters. The summed E-state index contributed by atoms with van der Waals surface area (Å²) in [5, 5.41) is 23.2. The van der Waals surface area contributed by atoms with E-state index in [1.807, 2.05) is 37.3 Å². The van der Waals surface area contributed by atoms with Crippen LogP contribution in [-0.4, -0.2) is 43.2 Å². The number of aromatic nitrogens is 4. The van der Waals surface area contributed by atoms with E-state index in [0.29, 0.717) is 18.7 Å². The Morgan fingerprint density at radius 3 is 2.68 bits per heavy atom. The lowest BCUT2D eigenvalue weighted by Crippen LogP contribution is -2.42. The van der Waals surface area contributed by atoms with Crippen LogP contribution in [0.5, 0.6) is 0 Å². The maximum atomic E-state index is 11.8. The summed E-state index contributed by atoms with van der Waals surface area (Å²) in [6, 6.07) is 8.36. The van der Waals surface area contributed by atoms with Crippen molar-refractivity contribution in [1.82, 2.24) is 25.5 Å². The Morgan fingerprint density at radius 2 is 2.05 bits per heavy atom. The first-order valence-electron chi connectivity index (χ1n) is 6.95. The zero-order valence-electron chi connectivity index (χ0n) is 12.1. The molecule has 0 fully saturated rings. The van der Waals surface area contributed by atoms with Gasteiger partial charge in [-0.3, -0.25) is 4.79 Å². The topological polar surface area (TPSA) is 110 Å². The van der Waals surface area contributed by atoms with E-state index in [-0.39, 0.29) is 6.54 Å². The zero-order valence-corrected chi connectivity index (χ0v) is 12.1. The van der Waals surface area contributed by atoms with Crippen molar-refractivity contribution in [3.63, 3.8) is 0 Å². The molecule has 0 aliphatic rings. The molecule has 0 radical (unpaired) electrons. The predicted molar refractivity (Wildman–Crippen MR) is 77.7 cm³/mol. The molecular formula is C14H17N5O3. The van der Waals surface area contributed by atoms with Crippen molar-refractivity contribution in [3.05, 3.63) is 30.3 Å². The summed E-state index contributed by atoms with van der Waals surface area (Å²) in [6.45, 7) is 1.68. The van der Waals surface area contributed by atoms with Crippen molar-refractivity contribution >= 4 is 11.9 Å². The minimum atomic E-state index is -1.05. The van der Waals surface area contributed by atoms with Crippen LogP contribution in [0, 0.1) is 0 Å². The molecule has 1 heterocycles. The van der Waals surface area contributed by atoms with Crippen molar-refractivity contribution in [2.75, 3.05) is 0 Å². The van der Waals surface area contributed by atoms with Crippen molar-refractivity contribution in [2.24, 2.45) is 0 Å². The number of hydrogen-bond donors (Lipinski definition) is 2. The number of nitrogens with one attached hydrogen (secondary N) is 1. The van der Waals surface area contributed by atoms with E-state index >= 15 is 0 Å². The second-order valence-electron chi connectivity index (χ2n) is 4.76. The van der Waals surface area contributed by atoms with E-state index in [0.717, 1.165) is 10.4 Å². The molecule has 0 saturated carbocycles. The highest BCUT2D eigenvalue weighted by molar-refractivity contribution is 5.83. The molecule has 22 heavy (non-hydrogen) atoms. The van der Waals surface area contributed by atoms with Gasteiger partial charge in [-0.1, -0.05) is 43.7 Å². The van der Waals surface area contributed by atoms with E-state index in [1.54, 1.807) is 0 Å². The number of tetrazole rings is 1. The lowest BCUT2D eigenvalue weighted by molar-refractivity contribution is -0.142. The minimum absolute atomic E-state index is 0.173. The Balaban J connectivity index is 1.98. The average Bonchev–Trinajstić information content (AvgIpc) is 2.96. The lowest BCUT2D eigenvalue weighted by atomic mass is 10.2. The molecule has 1 amide bonds. The Morgan fingerprint density at radius 1 is 1.32 bits per heavy atom. The average molecular weight is 303 g/mol. The van der Waals surface area contributed by atoms with Gasteiger partial charge in [0, 0.05) is 5.56 Å². The highest BCUT2D eigenvalue weighted by Crippen LogP contribution is 2.11. The summed E-state index contributed by atoms with van der Waals surface area (Å²) < 4.78 is 0. The highest BCUT2D eigenvalue weighted by Gasteiger charge is 2.19. The molecule has 116 valence electrons.